The van der Waals surface area contributed by atoms with Crippen LogP contribution in [0.4, 0.5) is 10.1 Å². The van der Waals surface area contributed by atoms with Gasteiger partial charge in [-0.3, -0.25) is 4.79 Å². The standard InChI is InChI=1S/C14H11FINO3S/c1-21(19,20)11-4-2-3-9(7-11)14(18)17-13-6-5-10(15)8-12(13)16/h2-8H,1H3,(H,17,18). The van der Waals surface area contributed by atoms with Crippen molar-refractivity contribution in [3.8, 4) is 0 Å². The summed E-state index contributed by atoms with van der Waals surface area (Å²) in [6.45, 7) is 0. The highest BCUT2D eigenvalue weighted by atomic mass is 127. The Labute approximate surface area is 135 Å². The second-order valence-corrected chi connectivity index (χ2v) is 7.56. The molecule has 0 heterocycles. The summed E-state index contributed by atoms with van der Waals surface area (Å²) in [5.41, 5.74) is 0.685. The van der Waals surface area contributed by atoms with Crippen molar-refractivity contribution in [2.75, 3.05) is 11.6 Å². The van der Waals surface area contributed by atoms with E-state index in [-0.39, 0.29) is 10.5 Å². The Balaban J connectivity index is 2.29. The molecule has 0 radical (unpaired) electrons. The van der Waals surface area contributed by atoms with Gasteiger partial charge in [0.05, 0.1) is 10.6 Å². The van der Waals surface area contributed by atoms with Gasteiger partial charge in [-0.15, -0.1) is 0 Å². The van der Waals surface area contributed by atoms with Crippen molar-refractivity contribution in [1.29, 1.82) is 0 Å². The molecule has 110 valence electrons. The van der Waals surface area contributed by atoms with E-state index in [0.29, 0.717) is 9.26 Å². The molecule has 2 rings (SSSR count). The van der Waals surface area contributed by atoms with E-state index in [1.54, 1.807) is 0 Å². The van der Waals surface area contributed by atoms with Crippen LogP contribution in [-0.4, -0.2) is 20.6 Å². The molecule has 0 spiro atoms. The van der Waals surface area contributed by atoms with Gasteiger partial charge in [-0.1, -0.05) is 6.07 Å². The van der Waals surface area contributed by atoms with Gasteiger partial charge in [-0.05, 0) is 59.0 Å². The molecule has 0 aliphatic rings. The van der Waals surface area contributed by atoms with Crippen molar-refractivity contribution in [3.63, 3.8) is 0 Å². The van der Waals surface area contributed by atoms with Crippen LogP contribution in [0.5, 0.6) is 0 Å². The summed E-state index contributed by atoms with van der Waals surface area (Å²) in [7, 11) is -3.38. The van der Waals surface area contributed by atoms with Crippen molar-refractivity contribution < 1.29 is 17.6 Å². The lowest BCUT2D eigenvalue weighted by atomic mass is 10.2. The second-order valence-electron chi connectivity index (χ2n) is 4.38. The van der Waals surface area contributed by atoms with Crippen LogP contribution < -0.4 is 5.32 Å². The van der Waals surface area contributed by atoms with Crippen LogP contribution in [0.15, 0.2) is 47.4 Å². The van der Waals surface area contributed by atoms with Gasteiger partial charge in [0, 0.05) is 15.4 Å². The number of amides is 1. The van der Waals surface area contributed by atoms with E-state index in [2.05, 4.69) is 5.32 Å². The molecule has 0 saturated carbocycles. The minimum Gasteiger partial charge on any atom is -0.321 e. The van der Waals surface area contributed by atoms with E-state index in [9.17, 15) is 17.6 Å². The molecule has 0 aromatic heterocycles. The molecule has 0 fully saturated rings. The van der Waals surface area contributed by atoms with Gasteiger partial charge in [0.2, 0.25) is 0 Å². The number of anilines is 1. The van der Waals surface area contributed by atoms with E-state index in [0.717, 1.165) is 6.26 Å². The molecule has 21 heavy (non-hydrogen) atoms. The normalized spacial score (nSPS) is 11.2. The smallest absolute Gasteiger partial charge is 0.255 e. The highest BCUT2D eigenvalue weighted by molar-refractivity contribution is 14.1. The van der Waals surface area contributed by atoms with Crippen LogP contribution in [0.1, 0.15) is 10.4 Å². The number of rotatable bonds is 3. The fourth-order valence-corrected chi connectivity index (χ4v) is 2.93. The van der Waals surface area contributed by atoms with Gasteiger partial charge in [-0.25, -0.2) is 12.8 Å². The summed E-state index contributed by atoms with van der Waals surface area (Å²) < 4.78 is 36.5. The molecule has 0 bridgehead atoms. The lowest BCUT2D eigenvalue weighted by Gasteiger charge is -2.08. The number of benzene rings is 2. The van der Waals surface area contributed by atoms with Crippen LogP contribution in [-0.2, 0) is 9.84 Å². The monoisotopic (exact) mass is 419 g/mol. The zero-order valence-electron chi connectivity index (χ0n) is 10.9. The molecule has 7 heteroatoms. The molecule has 0 atom stereocenters. The maximum atomic E-state index is 13.0. The van der Waals surface area contributed by atoms with Crippen LogP contribution >= 0.6 is 22.6 Å². The number of hydrogen-bond acceptors (Lipinski definition) is 3. The Morgan fingerprint density at radius 2 is 1.90 bits per heavy atom. The molecular formula is C14H11FINO3S. The fourth-order valence-electron chi connectivity index (χ4n) is 1.65. The van der Waals surface area contributed by atoms with E-state index >= 15 is 0 Å². The molecule has 0 aliphatic heterocycles. The summed E-state index contributed by atoms with van der Waals surface area (Å²) in [6.07, 6.45) is 1.08. The highest BCUT2D eigenvalue weighted by Crippen LogP contribution is 2.20. The third-order valence-corrected chi connectivity index (χ3v) is 4.71. The topological polar surface area (TPSA) is 63.2 Å². The van der Waals surface area contributed by atoms with E-state index in [1.165, 1.54) is 42.5 Å². The summed E-state index contributed by atoms with van der Waals surface area (Å²) in [5, 5.41) is 2.62. The van der Waals surface area contributed by atoms with E-state index in [1.807, 2.05) is 22.6 Å². The van der Waals surface area contributed by atoms with Crippen molar-refractivity contribution in [3.05, 3.63) is 57.4 Å². The molecule has 1 amide bonds. The van der Waals surface area contributed by atoms with Crippen LogP contribution in [0.25, 0.3) is 0 Å². The molecule has 0 saturated heterocycles. The largest absolute Gasteiger partial charge is 0.321 e. The molecular weight excluding hydrogens is 408 g/mol. The Hall–Kier alpha value is -1.48. The van der Waals surface area contributed by atoms with Gasteiger partial charge >= 0.3 is 0 Å². The Morgan fingerprint density at radius 1 is 1.19 bits per heavy atom. The second kappa shape index (κ2) is 6.10. The molecule has 2 aromatic rings. The molecule has 4 nitrogen and oxygen atoms in total. The van der Waals surface area contributed by atoms with Gasteiger partial charge < -0.3 is 5.32 Å². The minimum absolute atomic E-state index is 0.0731. The number of nitrogens with one attached hydrogen (secondary N) is 1. The zero-order valence-corrected chi connectivity index (χ0v) is 13.9. The first-order chi connectivity index (χ1) is 9.77. The van der Waals surface area contributed by atoms with Crippen LogP contribution in [0.3, 0.4) is 0 Å². The Bertz CT molecular complexity index is 806. The molecule has 1 N–H and O–H groups in total. The summed E-state index contributed by atoms with van der Waals surface area (Å²) in [4.78, 5) is 12.2. The average Bonchev–Trinajstić information content (AvgIpc) is 2.41. The maximum absolute atomic E-state index is 13.0. The number of carbonyl (C=O) groups excluding carboxylic acids is 1. The predicted molar refractivity (Wildman–Crippen MR) is 86.6 cm³/mol. The lowest BCUT2D eigenvalue weighted by molar-refractivity contribution is 0.102. The van der Waals surface area contributed by atoms with Crippen LogP contribution in [0.2, 0.25) is 0 Å². The van der Waals surface area contributed by atoms with Crippen molar-refractivity contribution in [2.45, 2.75) is 4.90 Å². The van der Waals surface area contributed by atoms with Gasteiger partial charge in [0.15, 0.2) is 9.84 Å². The Morgan fingerprint density at radius 3 is 2.52 bits per heavy atom. The summed E-state index contributed by atoms with van der Waals surface area (Å²) in [5.74, 6) is -0.846. The highest BCUT2D eigenvalue weighted by Gasteiger charge is 2.13. The van der Waals surface area contributed by atoms with Crippen molar-refractivity contribution >= 4 is 44.0 Å². The first kappa shape index (κ1) is 15.9. The molecule has 0 unspecified atom stereocenters. The maximum Gasteiger partial charge on any atom is 0.255 e. The number of halogens is 2. The fraction of sp³-hybridized carbons (Fsp3) is 0.0714. The van der Waals surface area contributed by atoms with Crippen molar-refractivity contribution in [2.24, 2.45) is 0 Å². The average molecular weight is 419 g/mol. The molecule has 0 aliphatic carbocycles. The lowest BCUT2D eigenvalue weighted by Crippen LogP contribution is -2.13. The first-order valence-electron chi connectivity index (χ1n) is 5.84. The zero-order chi connectivity index (χ0) is 15.6. The van der Waals surface area contributed by atoms with E-state index < -0.39 is 21.6 Å². The molecule has 2 aromatic carbocycles. The van der Waals surface area contributed by atoms with Crippen molar-refractivity contribution in [1.82, 2.24) is 0 Å². The van der Waals surface area contributed by atoms with E-state index in [4.69, 9.17) is 0 Å². The van der Waals surface area contributed by atoms with Gasteiger partial charge in [0.1, 0.15) is 5.82 Å². The number of sulfone groups is 1. The van der Waals surface area contributed by atoms with Gasteiger partial charge in [0.25, 0.3) is 5.91 Å². The quantitative estimate of drug-likeness (QED) is 0.778. The summed E-state index contributed by atoms with van der Waals surface area (Å²) >= 11 is 1.91. The van der Waals surface area contributed by atoms with Crippen LogP contribution in [0, 0.1) is 9.39 Å². The third-order valence-electron chi connectivity index (χ3n) is 2.70. The predicted octanol–water partition coefficient (Wildman–Crippen LogP) is 3.09. The number of carbonyl (C=O) groups is 1. The first-order valence-corrected chi connectivity index (χ1v) is 8.81. The number of hydrogen-bond donors (Lipinski definition) is 1. The van der Waals surface area contributed by atoms with Gasteiger partial charge in [-0.2, -0.15) is 0 Å². The minimum atomic E-state index is -3.38. The summed E-state index contributed by atoms with van der Waals surface area (Å²) in [6, 6.07) is 9.74. The SMILES string of the molecule is CS(=O)(=O)c1cccc(C(=O)Nc2ccc(F)cc2I)c1. The Kier molecular flexibility index (Phi) is 4.62. The third kappa shape index (κ3) is 4.01.